The number of rotatable bonds is 6. The molecule has 12 heteroatoms. The van der Waals surface area contributed by atoms with Gasteiger partial charge in [0.25, 0.3) is 5.69 Å². The lowest BCUT2D eigenvalue weighted by Crippen LogP contribution is -2.44. The van der Waals surface area contributed by atoms with Crippen molar-refractivity contribution in [3.8, 4) is 5.75 Å². The second kappa shape index (κ2) is 9.59. The molecule has 0 spiro atoms. The number of aliphatic hydroxyl groups is 1. The number of benzene rings is 2. The van der Waals surface area contributed by atoms with E-state index in [0.29, 0.717) is 51.0 Å². The van der Waals surface area contributed by atoms with Gasteiger partial charge in [-0.25, -0.2) is 14.0 Å². The summed E-state index contributed by atoms with van der Waals surface area (Å²) in [6, 6.07) is 12.1. The Morgan fingerprint density at radius 2 is 2.11 bits per heavy atom. The van der Waals surface area contributed by atoms with Gasteiger partial charge in [0, 0.05) is 18.0 Å². The van der Waals surface area contributed by atoms with E-state index in [1.54, 1.807) is 30.0 Å². The number of fused-ring (bicyclic) bond motifs is 2. The van der Waals surface area contributed by atoms with Crippen LogP contribution in [0.5, 0.6) is 5.75 Å². The van der Waals surface area contributed by atoms with Crippen LogP contribution in [0.4, 0.5) is 5.69 Å². The van der Waals surface area contributed by atoms with Crippen LogP contribution in [0, 0.1) is 17.0 Å². The van der Waals surface area contributed by atoms with Gasteiger partial charge in [0.1, 0.15) is 10.6 Å². The van der Waals surface area contributed by atoms with E-state index in [-0.39, 0.29) is 12.3 Å². The lowest BCUT2D eigenvalue weighted by Gasteiger charge is -2.36. The van der Waals surface area contributed by atoms with Gasteiger partial charge in [-0.05, 0) is 43.1 Å². The molecular weight excluding hydrogens is 494 g/mol. The standard InChI is InChI=1S/C23H22ClN5O5S/c1-13-21-22(24)16-9-14(33-2)7-8-17(16)25-23(21)28(26-13)20-11-27(10-15(12-30)34-20)35-19-6-4-3-5-18(19)29(31)32/h3-9,15,20,30H,10-12H2,1-2H3/t15-,20+/m0/s1. The first-order valence-corrected chi connectivity index (χ1v) is 12.0. The Hall–Kier alpha value is -2.96. The number of halogens is 1. The molecule has 0 saturated carbocycles. The van der Waals surface area contributed by atoms with Crippen molar-refractivity contribution in [3.63, 3.8) is 0 Å². The third kappa shape index (κ3) is 4.41. The number of para-hydroxylation sites is 1. The molecule has 0 amide bonds. The molecule has 2 aromatic heterocycles. The Morgan fingerprint density at radius 3 is 2.86 bits per heavy atom. The van der Waals surface area contributed by atoms with Crippen LogP contribution in [0.15, 0.2) is 47.4 Å². The first-order chi connectivity index (χ1) is 16.9. The maximum absolute atomic E-state index is 11.5. The highest BCUT2D eigenvalue weighted by Gasteiger charge is 2.33. The van der Waals surface area contributed by atoms with Crippen LogP contribution in [0.25, 0.3) is 21.9 Å². The van der Waals surface area contributed by atoms with Gasteiger partial charge >= 0.3 is 0 Å². The predicted octanol–water partition coefficient (Wildman–Crippen LogP) is 4.36. The van der Waals surface area contributed by atoms with Crippen LogP contribution < -0.4 is 4.74 Å². The van der Waals surface area contributed by atoms with Crippen LogP contribution in [-0.2, 0) is 4.74 Å². The first kappa shape index (κ1) is 23.8. The molecule has 0 unspecified atom stereocenters. The fraction of sp³-hybridized carbons (Fsp3) is 0.304. The Morgan fingerprint density at radius 1 is 1.31 bits per heavy atom. The van der Waals surface area contributed by atoms with E-state index in [9.17, 15) is 15.2 Å². The minimum Gasteiger partial charge on any atom is -0.497 e. The van der Waals surface area contributed by atoms with E-state index in [1.165, 1.54) is 18.0 Å². The Kier molecular flexibility index (Phi) is 6.51. The number of nitro groups is 1. The maximum Gasteiger partial charge on any atom is 0.284 e. The number of hydrogen-bond acceptors (Lipinski definition) is 9. The largest absolute Gasteiger partial charge is 0.497 e. The molecule has 2 atom stereocenters. The van der Waals surface area contributed by atoms with Crippen LogP contribution in [-0.4, -0.2) is 62.0 Å². The Bertz CT molecular complexity index is 1430. The molecule has 5 rings (SSSR count). The molecule has 0 bridgehead atoms. The van der Waals surface area contributed by atoms with Crippen molar-refractivity contribution in [1.29, 1.82) is 0 Å². The van der Waals surface area contributed by atoms with Crippen molar-refractivity contribution >= 4 is 51.2 Å². The lowest BCUT2D eigenvalue weighted by molar-refractivity contribution is -0.387. The zero-order valence-electron chi connectivity index (χ0n) is 18.9. The van der Waals surface area contributed by atoms with Crippen molar-refractivity contribution < 1.29 is 19.5 Å². The molecule has 1 N–H and O–H groups in total. The molecule has 1 aliphatic heterocycles. The molecule has 4 aromatic rings. The van der Waals surface area contributed by atoms with Crippen molar-refractivity contribution in [2.45, 2.75) is 24.2 Å². The van der Waals surface area contributed by atoms with Gasteiger partial charge in [0.15, 0.2) is 11.9 Å². The van der Waals surface area contributed by atoms with Crippen LogP contribution >= 0.6 is 23.5 Å². The van der Waals surface area contributed by atoms with Crippen molar-refractivity contribution in [3.05, 3.63) is 63.3 Å². The number of morpholine rings is 1. The van der Waals surface area contributed by atoms with Crippen LogP contribution in [0.2, 0.25) is 5.02 Å². The molecule has 2 aromatic carbocycles. The van der Waals surface area contributed by atoms with E-state index in [1.807, 2.05) is 29.4 Å². The molecule has 182 valence electrons. The molecule has 1 fully saturated rings. The molecular formula is C23H22ClN5O5S. The first-order valence-electron chi connectivity index (χ1n) is 10.8. The van der Waals surface area contributed by atoms with Crippen molar-refractivity contribution in [1.82, 2.24) is 19.1 Å². The quantitative estimate of drug-likeness (QED) is 0.227. The molecule has 0 radical (unpaired) electrons. The SMILES string of the molecule is COc1ccc2nc3c(c(C)nn3[C@H]3CN(Sc4ccccc4[N+](=O)[O-])C[C@@H](CO)O3)c(Cl)c2c1. The smallest absolute Gasteiger partial charge is 0.284 e. The maximum atomic E-state index is 11.5. The van der Waals surface area contributed by atoms with Gasteiger partial charge in [-0.1, -0.05) is 23.7 Å². The highest BCUT2D eigenvalue weighted by atomic mass is 35.5. The Labute approximate surface area is 209 Å². The average Bonchev–Trinajstić information content (AvgIpc) is 3.20. The normalized spacial score (nSPS) is 18.9. The van der Waals surface area contributed by atoms with Crippen molar-refractivity contribution in [2.75, 3.05) is 26.8 Å². The summed E-state index contributed by atoms with van der Waals surface area (Å²) in [5, 5.41) is 28.0. The molecule has 1 saturated heterocycles. The van der Waals surface area contributed by atoms with Crippen LogP contribution in [0.3, 0.4) is 0 Å². The molecule has 1 aliphatic rings. The summed E-state index contributed by atoms with van der Waals surface area (Å²) >= 11 is 8.05. The summed E-state index contributed by atoms with van der Waals surface area (Å²) in [6.07, 6.45) is -1.10. The number of aliphatic hydroxyl groups excluding tert-OH is 1. The van der Waals surface area contributed by atoms with E-state index >= 15 is 0 Å². The Balaban J connectivity index is 1.54. The number of methoxy groups -OCH3 is 1. The summed E-state index contributed by atoms with van der Waals surface area (Å²) in [5.74, 6) is 0.676. The summed E-state index contributed by atoms with van der Waals surface area (Å²) in [4.78, 5) is 16.4. The van der Waals surface area contributed by atoms with Crippen LogP contribution in [0.1, 0.15) is 11.9 Å². The zero-order chi connectivity index (χ0) is 24.7. The second-order valence-electron chi connectivity index (χ2n) is 8.10. The zero-order valence-corrected chi connectivity index (χ0v) is 20.5. The monoisotopic (exact) mass is 515 g/mol. The summed E-state index contributed by atoms with van der Waals surface area (Å²) in [6.45, 7) is 2.40. The van der Waals surface area contributed by atoms with E-state index in [0.717, 1.165) is 5.39 Å². The van der Waals surface area contributed by atoms with Gasteiger partial charge < -0.3 is 14.6 Å². The van der Waals surface area contributed by atoms with Crippen molar-refractivity contribution in [2.24, 2.45) is 0 Å². The topological polar surface area (TPSA) is 116 Å². The van der Waals surface area contributed by atoms with Gasteiger partial charge in [-0.3, -0.25) is 10.1 Å². The fourth-order valence-electron chi connectivity index (χ4n) is 4.18. The molecule has 35 heavy (non-hydrogen) atoms. The number of ether oxygens (including phenoxy) is 2. The fourth-order valence-corrected chi connectivity index (χ4v) is 5.65. The summed E-state index contributed by atoms with van der Waals surface area (Å²) in [7, 11) is 1.59. The van der Waals surface area contributed by atoms with Gasteiger partial charge in [0.2, 0.25) is 0 Å². The number of aryl methyl sites for hydroxylation is 1. The predicted molar refractivity (Wildman–Crippen MR) is 133 cm³/mol. The number of nitro benzene ring substituents is 1. The number of hydrogen-bond donors (Lipinski definition) is 1. The van der Waals surface area contributed by atoms with Gasteiger partial charge in [-0.2, -0.15) is 5.10 Å². The summed E-state index contributed by atoms with van der Waals surface area (Å²) in [5.41, 5.74) is 1.96. The minimum absolute atomic E-state index is 0.0248. The molecule has 3 heterocycles. The van der Waals surface area contributed by atoms with E-state index < -0.39 is 17.3 Å². The summed E-state index contributed by atoms with van der Waals surface area (Å²) < 4.78 is 15.1. The molecule has 10 nitrogen and oxygen atoms in total. The highest BCUT2D eigenvalue weighted by Crippen LogP contribution is 2.38. The number of pyridine rings is 1. The highest BCUT2D eigenvalue weighted by molar-refractivity contribution is 7.97. The van der Waals surface area contributed by atoms with Gasteiger partial charge in [-0.15, -0.1) is 0 Å². The third-order valence-corrected chi connectivity index (χ3v) is 7.32. The average molecular weight is 516 g/mol. The van der Waals surface area contributed by atoms with E-state index in [2.05, 4.69) is 5.10 Å². The van der Waals surface area contributed by atoms with Gasteiger partial charge in [0.05, 0.1) is 52.9 Å². The second-order valence-corrected chi connectivity index (χ2v) is 9.61. The number of aromatic nitrogens is 3. The van der Waals surface area contributed by atoms with E-state index in [4.69, 9.17) is 26.1 Å². The molecule has 0 aliphatic carbocycles. The lowest BCUT2D eigenvalue weighted by atomic mass is 10.1. The minimum atomic E-state index is -0.591. The third-order valence-electron chi connectivity index (χ3n) is 5.83. The number of nitrogens with zero attached hydrogens (tertiary/aromatic N) is 5.